The third-order valence-corrected chi connectivity index (χ3v) is 8.49. The first-order valence-corrected chi connectivity index (χ1v) is 17.8. The predicted octanol–water partition coefficient (Wildman–Crippen LogP) is 7.47. The molecule has 0 fully saturated rings. The standard InChI is InChI=1S/C27H49N3O5S.C5H12.C3H6O/c1-10-14-15-24(33)28(9)35-25(34)16-20-36-21-19-30(23(32)12-3)27(7,8)17-18-29(22(31)11-2)26(5,6)13-4;1-4-5(2)3;1-2-3-4/h10H,1,11-21H2,2-9H3;5H,4H2,1-3H3;3H,2H2,1H3. The highest BCUT2D eigenvalue weighted by Crippen LogP contribution is 2.26. The summed E-state index contributed by atoms with van der Waals surface area (Å²) in [6.45, 7) is 27.3. The molecule has 0 atom stereocenters. The summed E-state index contributed by atoms with van der Waals surface area (Å²) in [4.78, 5) is 67.4. The van der Waals surface area contributed by atoms with Crippen molar-refractivity contribution in [1.82, 2.24) is 14.9 Å². The lowest BCUT2D eigenvalue weighted by atomic mass is 9.93. The lowest BCUT2D eigenvalue weighted by Gasteiger charge is -2.43. The van der Waals surface area contributed by atoms with Crippen LogP contribution in [0, 0.1) is 5.92 Å². The Morgan fingerprint density at radius 2 is 1.31 bits per heavy atom. The van der Waals surface area contributed by atoms with E-state index in [9.17, 15) is 24.0 Å². The molecule has 10 heteroatoms. The minimum atomic E-state index is -0.460. The molecule has 0 saturated heterocycles. The van der Waals surface area contributed by atoms with Crippen LogP contribution in [0.2, 0.25) is 0 Å². The van der Waals surface area contributed by atoms with E-state index in [1.807, 2.05) is 30.6 Å². The zero-order valence-corrected chi connectivity index (χ0v) is 31.6. The maximum Gasteiger partial charge on any atom is 0.333 e. The van der Waals surface area contributed by atoms with Crippen molar-refractivity contribution in [1.29, 1.82) is 0 Å². The van der Waals surface area contributed by atoms with Gasteiger partial charge in [0.25, 0.3) is 5.91 Å². The smallest absolute Gasteiger partial charge is 0.333 e. The Hall–Kier alpha value is -2.36. The molecule has 0 N–H and O–H groups in total. The molecule has 0 aliphatic heterocycles. The molecule has 9 nitrogen and oxygen atoms in total. The Labute approximate surface area is 280 Å². The Morgan fingerprint density at radius 3 is 1.71 bits per heavy atom. The minimum Gasteiger partial charge on any atom is -0.338 e. The topological polar surface area (TPSA) is 104 Å². The molecule has 0 bridgehead atoms. The average molecular weight is 658 g/mol. The molecule has 45 heavy (non-hydrogen) atoms. The highest BCUT2D eigenvalue weighted by molar-refractivity contribution is 7.99. The highest BCUT2D eigenvalue weighted by Gasteiger charge is 2.34. The van der Waals surface area contributed by atoms with Gasteiger partial charge in [-0.3, -0.25) is 14.4 Å². The van der Waals surface area contributed by atoms with E-state index in [0.29, 0.717) is 56.7 Å². The molecular weight excluding hydrogens is 590 g/mol. The molecule has 0 aromatic carbocycles. The van der Waals surface area contributed by atoms with Gasteiger partial charge in [-0.15, -0.1) is 6.58 Å². The lowest BCUT2D eigenvalue weighted by molar-refractivity contribution is -0.192. The summed E-state index contributed by atoms with van der Waals surface area (Å²) < 4.78 is 0. The summed E-state index contributed by atoms with van der Waals surface area (Å²) >= 11 is 1.57. The number of nitrogens with zero attached hydrogens (tertiary/aromatic N) is 3. The van der Waals surface area contributed by atoms with Crippen LogP contribution in [0.4, 0.5) is 0 Å². The number of amides is 3. The van der Waals surface area contributed by atoms with Crippen LogP contribution in [0.1, 0.15) is 134 Å². The summed E-state index contributed by atoms with van der Waals surface area (Å²) in [7, 11) is 1.43. The highest BCUT2D eigenvalue weighted by atomic mass is 32.2. The molecule has 0 spiro atoms. The van der Waals surface area contributed by atoms with Gasteiger partial charge in [-0.25, -0.2) is 4.79 Å². The van der Waals surface area contributed by atoms with E-state index >= 15 is 0 Å². The third kappa shape index (κ3) is 22.7. The zero-order chi connectivity index (χ0) is 35.6. The second kappa shape index (κ2) is 26.8. The first kappa shape index (κ1) is 47.1. The number of thioether (sulfide) groups is 1. The SMILES string of the molecule is C=CCCC(=O)N(C)OC(=O)CCSCCN(C(=O)CC)C(C)(C)CCN(C(=O)CC)C(C)(C)CC.CCC(C)C.CCC=O. The fraction of sp³-hybridized carbons (Fsp3) is 0.800. The van der Waals surface area contributed by atoms with Gasteiger partial charge in [-0.05, 0) is 52.9 Å². The van der Waals surface area contributed by atoms with Crippen LogP contribution >= 0.6 is 11.8 Å². The van der Waals surface area contributed by atoms with Crippen LogP contribution < -0.4 is 0 Å². The molecule has 0 radical (unpaired) electrons. The number of aldehydes is 1. The number of hydrogen-bond acceptors (Lipinski definition) is 7. The fourth-order valence-electron chi connectivity index (χ4n) is 3.67. The number of hydroxylamine groups is 2. The quantitative estimate of drug-likeness (QED) is 0.0614. The molecular formula is C35H67N3O6S. The summed E-state index contributed by atoms with van der Waals surface area (Å²) in [5.74, 6) is 1.56. The summed E-state index contributed by atoms with van der Waals surface area (Å²) in [6.07, 6.45) is 7.82. The largest absolute Gasteiger partial charge is 0.338 e. The van der Waals surface area contributed by atoms with Gasteiger partial charge in [0.05, 0.1) is 6.42 Å². The van der Waals surface area contributed by atoms with E-state index in [1.54, 1.807) is 17.8 Å². The van der Waals surface area contributed by atoms with Gasteiger partial charge in [0.15, 0.2) is 0 Å². The molecule has 264 valence electrons. The summed E-state index contributed by atoms with van der Waals surface area (Å²) in [5.41, 5.74) is -0.658. The van der Waals surface area contributed by atoms with Gasteiger partial charge in [-0.1, -0.05) is 61.0 Å². The molecule has 3 amide bonds. The van der Waals surface area contributed by atoms with E-state index in [2.05, 4.69) is 62.0 Å². The van der Waals surface area contributed by atoms with Crippen molar-refractivity contribution in [3.63, 3.8) is 0 Å². The minimum absolute atomic E-state index is 0.0720. The third-order valence-electron chi connectivity index (χ3n) is 7.53. The average Bonchev–Trinajstić information content (AvgIpc) is 3.00. The zero-order valence-electron chi connectivity index (χ0n) is 30.8. The van der Waals surface area contributed by atoms with Gasteiger partial charge < -0.3 is 19.4 Å². The summed E-state index contributed by atoms with van der Waals surface area (Å²) in [6, 6.07) is 0. The number of carbonyl (C=O) groups is 5. The van der Waals surface area contributed by atoms with Crippen molar-refractivity contribution in [3.05, 3.63) is 12.7 Å². The molecule has 0 unspecified atom stereocenters. The summed E-state index contributed by atoms with van der Waals surface area (Å²) in [5, 5.41) is 0.979. The Kier molecular flexibility index (Phi) is 28.0. The Bertz CT molecular complexity index is 860. The number of carbonyl (C=O) groups excluding carboxylic acids is 5. The first-order chi connectivity index (χ1) is 20.9. The lowest BCUT2D eigenvalue weighted by Crippen LogP contribution is -2.53. The Balaban J connectivity index is -0.00000171. The van der Waals surface area contributed by atoms with E-state index in [0.717, 1.165) is 23.7 Å². The molecule has 0 aliphatic carbocycles. The Morgan fingerprint density at radius 1 is 0.822 bits per heavy atom. The van der Waals surface area contributed by atoms with Gasteiger partial charge in [0.2, 0.25) is 11.8 Å². The van der Waals surface area contributed by atoms with Crippen molar-refractivity contribution in [2.24, 2.45) is 5.92 Å². The normalized spacial score (nSPS) is 10.9. The van der Waals surface area contributed by atoms with Crippen LogP contribution in [-0.4, -0.2) is 87.6 Å². The van der Waals surface area contributed by atoms with Crippen molar-refractivity contribution in [2.45, 2.75) is 145 Å². The maximum atomic E-state index is 12.8. The van der Waals surface area contributed by atoms with Crippen molar-refractivity contribution < 1.29 is 28.8 Å². The number of hydrogen-bond donors (Lipinski definition) is 0. The molecule has 0 aromatic heterocycles. The van der Waals surface area contributed by atoms with E-state index in [4.69, 9.17) is 4.84 Å². The second-order valence-corrected chi connectivity index (χ2v) is 13.7. The van der Waals surface area contributed by atoms with Crippen LogP contribution in [0.15, 0.2) is 12.7 Å². The number of rotatable bonds is 19. The molecule has 0 heterocycles. The van der Waals surface area contributed by atoms with Crippen LogP contribution in [0.3, 0.4) is 0 Å². The predicted molar refractivity (Wildman–Crippen MR) is 189 cm³/mol. The molecule has 0 aromatic rings. The van der Waals surface area contributed by atoms with E-state index < -0.39 is 11.5 Å². The van der Waals surface area contributed by atoms with E-state index in [-0.39, 0.29) is 36.1 Å². The van der Waals surface area contributed by atoms with Crippen LogP contribution in [0.5, 0.6) is 0 Å². The monoisotopic (exact) mass is 657 g/mol. The number of allylic oxidation sites excluding steroid dienone is 1. The van der Waals surface area contributed by atoms with Crippen molar-refractivity contribution in [2.75, 3.05) is 31.6 Å². The molecule has 0 rings (SSSR count). The van der Waals surface area contributed by atoms with Gasteiger partial charge in [0, 0.05) is 68.4 Å². The molecule has 0 saturated carbocycles. The van der Waals surface area contributed by atoms with E-state index in [1.165, 1.54) is 13.5 Å². The van der Waals surface area contributed by atoms with Crippen LogP contribution in [-0.2, 0) is 28.8 Å². The second-order valence-electron chi connectivity index (χ2n) is 12.4. The fourth-order valence-corrected chi connectivity index (χ4v) is 4.50. The van der Waals surface area contributed by atoms with Crippen molar-refractivity contribution >= 4 is 41.7 Å². The van der Waals surface area contributed by atoms with Gasteiger partial charge in [0.1, 0.15) is 6.29 Å². The van der Waals surface area contributed by atoms with Crippen LogP contribution in [0.25, 0.3) is 0 Å². The van der Waals surface area contributed by atoms with Gasteiger partial charge >= 0.3 is 5.97 Å². The first-order valence-electron chi connectivity index (χ1n) is 16.7. The maximum absolute atomic E-state index is 12.8. The molecule has 0 aliphatic rings. The van der Waals surface area contributed by atoms with Crippen molar-refractivity contribution in [3.8, 4) is 0 Å². The van der Waals surface area contributed by atoms with Gasteiger partial charge in [-0.2, -0.15) is 16.8 Å².